The van der Waals surface area contributed by atoms with Crippen LogP contribution in [0.25, 0.3) is 0 Å². The molecule has 1 atom stereocenters. The summed E-state index contributed by atoms with van der Waals surface area (Å²) in [4.78, 5) is 15.1. The smallest absolute Gasteiger partial charge is 0.285 e. The average molecular weight is 422 g/mol. The molecular formula is C25H44NO2P. The zero-order valence-corrected chi connectivity index (χ0v) is 20.6. The first-order valence-corrected chi connectivity index (χ1v) is 13.6. The van der Waals surface area contributed by atoms with Gasteiger partial charge in [-0.25, -0.2) is 0 Å². The van der Waals surface area contributed by atoms with Crippen LogP contribution in [0.3, 0.4) is 0 Å². The van der Waals surface area contributed by atoms with E-state index in [9.17, 15) is 9.36 Å². The van der Waals surface area contributed by atoms with Gasteiger partial charge in [0.1, 0.15) is 0 Å². The van der Waals surface area contributed by atoms with Crippen LogP contribution in [0.5, 0.6) is 0 Å². The second kappa shape index (κ2) is 13.3. The summed E-state index contributed by atoms with van der Waals surface area (Å²) in [5, 5.41) is 0.717. The summed E-state index contributed by atoms with van der Waals surface area (Å²) in [6, 6.07) is 8.04. The highest BCUT2D eigenvalue weighted by Crippen LogP contribution is 2.47. The molecule has 0 heterocycles. The van der Waals surface area contributed by atoms with Crippen LogP contribution in [0, 0.1) is 11.8 Å². The lowest BCUT2D eigenvalue weighted by atomic mass is 10.1. The maximum Gasteiger partial charge on any atom is 0.285 e. The predicted octanol–water partition coefficient (Wildman–Crippen LogP) is 7.33. The summed E-state index contributed by atoms with van der Waals surface area (Å²) in [7, 11) is -3.09. The summed E-state index contributed by atoms with van der Waals surface area (Å²) >= 11 is 0. The number of nitrogens with zero attached hydrogens (tertiary/aromatic N) is 1. The van der Waals surface area contributed by atoms with Crippen LogP contribution in [0.4, 0.5) is 4.79 Å². The van der Waals surface area contributed by atoms with Crippen molar-refractivity contribution in [3.8, 4) is 0 Å². The van der Waals surface area contributed by atoms with Gasteiger partial charge >= 0.3 is 0 Å². The molecule has 0 aliphatic rings. The second-order valence-corrected chi connectivity index (χ2v) is 12.2. The van der Waals surface area contributed by atoms with Crippen LogP contribution in [0.2, 0.25) is 0 Å². The maximum absolute atomic E-state index is 13.8. The standard InChI is InChI=1S/C25H44NO2P/c1-7-9-10-11-12-13-14-23-15-17-24(18-16-23)29(28,8-2)25(27)26(19-21(3)4)20-22(5)6/h15-18,21-22H,7-14,19-20H2,1-6H3. The average Bonchev–Trinajstić information content (AvgIpc) is 2.68. The van der Waals surface area contributed by atoms with E-state index in [4.69, 9.17) is 0 Å². The lowest BCUT2D eigenvalue weighted by Gasteiger charge is -2.30. The van der Waals surface area contributed by atoms with Gasteiger partial charge in [-0.2, -0.15) is 0 Å². The fraction of sp³-hybridized carbons (Fsp3) is 0.720. The number of unbranched alkanes of at least 4 members (excludes halogenated alkanes) is 5. The van der Waals surface area contributed by atoms with Gasteiger partial charge in [-0.15, -0.1) is 0 Å². The summed E-state index contributed by atoms with van der Waals surface area (Å²) in [6.45, 7) is 13.9. The Bertz CT molecular complexity index is 627. The molecular weight excluding hydrogens is 377 g/mol. The van der Waals surface area contributed by atoms with E-state index in [1.807, 2.05) is 24.0 Å². The van der Waals surface area contributed by atoms with Crippen molar-refractivity contribution >= 4 is 18.1 Å². The summed E-state index contributed by atoms with van der Waals surface area (Å²) in [5.74, 6) is 0.727. The van der Waals surface area contributed by atoms with Crippen LogP contribution >= 0.6 is 7.14 Å². The van der Waals surface area contributed by atoms with Crippen LogP contribution < -0.4 is 5.30 Å². The van der Waals surface area contributed by atoms with Crippen LogP contribution in [-0.2, 0) is 11.0 Å². The van der Waals surface area contributed by atoms with E-state index in [0.29, 0.717) is 36.4 Å². The number of hydrogen-bond acceptors (Lipinski definition) is 2. The predicted molar refractivity (Wildman–Crippen MR) is 128 cm³/mol. The molecule has 1 unspecified atom stereocenters. The highest BCUT2D eigenvalue weighted by Gasteiger charge is 2.36. The Morgan fingerprint density at radius 1 is 0.862 bits per heavy atom. The van der Waals surface area contributed by atoms with E-state index >= 15 is 0 Å². The summed E-state index contributed by atoms with van der Waals surface area (Å²) < 4.78 is 13.8. The monoisotopic (exact) mass is 421 g/mol. The Hall–Kier alpha value is -1.08. The molecule has 1 amide bonds. The van der Waals surface area contributed by atoms with Crippen molar-refractivity contribution in [3.63, 3.8) is 0 Å². The number of benzene rings is 1. The van der Waals surface area contributed by atoms with Gasteiger partial charge in [0.05, 0.1) is 0 Å². The van der Waals surface area contributed by atoms with Gasteiger partial charge in [-0.05, 0) is 30.2 Å². The first kappa shape index (κ1) is 26.0. The van der Waals surface area contributed by atoms with Crippen molar-refractivity contribution in [2.75, 3.05) is 19.3 Å². The molecule has 1 aromatic carbocycles. The van der Waals surface area contributed by atoms with Crippen LogP contribution in [0.1, 0.15) is 85.6 Å². The molecule has 0 bridgehead atoms. The van der Waals surface area contributed by atoms with E-state index < -0.39 is 7.14 Å². The largest absolute Gasteiger partial charge is 0.336 e. The van der Waals surface area contributed by atoms with Crippen LogP contribution in [0.15, 0.2) is 24.3 Å². The molecule has 0 N–H and O–H groups in total. The third kappa shape index (κ3) is 8.67. The number of carbonyl (C=O) groups excluding carboxylic acids is 1. The van der Waals surface area contributed by atoms with Crippen molar-refractivity contribution in [1.82, 2.24) is 4.90 Å². The molecule has 0 aliphatic carbocycles. The minimum Gasteiger partial charge on any atom is -0.336 e. The molecule has 0 saturated carbocycles. The van der Waals surface area contributed by atoms with Crippen LogP contribution in [-0.4, -0.2) is 29.8 Å². The quantitative estimate of drug-likeness (QED) is 0.233. The van der Waals surface area contributed by atoms with E-state index in [1.54, 1.807) is 0 Å². The van der Waals surface area contributed by atoms with Gasteiger partial charge in [0.25, 0.3) is 5.65 Å². The van der Waals surface area contributed by atoms with E-state index in [-0.39, 0.29) is 5.65 Å². The number of amides is 1. The Morgan fingerprint density at radius 2 is 1.38 bits per heavy atom. The van der Waals surface area contributed by atoms with Gasteiger partial charge in [-0.1, -0.05) is 97.9 Å². The summed E-state index contributed by atoms with van der Waals surface area (Å²) in [5.41, 5.74) is 1.12. The van der Waals surface area contributed by atoms with Gasteiger partial charge in [0, 0.05) is 24.6 Å². The van der Waals surface area contributed by atoms with Crippen molar-refractivity contribution in [2.24, 2.45) is 11.8 Å². The van der Waals surface area contributed by atoms with Gasteiger partial charge in [0.15, 0.2) is 7.14 Å². The number of carbonyl (C=O) groups is 1. The zero-order valence-electron chi connectivity index (χ0n) is 19.7. The van der Waals surface area contributed by atoms with Crippen molar-refractivity contribution < 1.29 is 9.36 Å². The van der Waals surface area contributed by atoms with E-state index in [1.165, 1.54) is 44.1 Å². The zero-order chi connectivity index (χ0) is 21.9. The van der Waals surface area contributed by atoms with Crippen molar-refractivity contribution in [2.45, 2.75) is 86.5 Å². The Labute approximate surface area is 180 Å². The van der Waals surface area contributed by atoms with Gasteiger partial charge in [0.2, 0.25) is 0 Å². The maximum atomic E-state index is 13.8. The summed E-state index contributed by atoms with van der Waals surface area (Å²) in [6.07, 6.45) is 9.17. The molecule has 0 fully saturated rings. The highest BCUT2D eigenvalue weighted by atomic mass is 31.2. The number of hydrogen-bond donors (Lipinski definition) is 0. The minimum atomic E-state index is -3.09. The molecule has 0 radical (unpaired) electrons. The minimum absolute atomic E-state index is 0.161. The first-order chi connectivity index (χ1) is 13.7. The van der Waals surface area contributed by atoms with Gasteiger partial charge in [-0.3, -0.25) is 4.79 Å². The van der Waals surface area contributed by atoms with Gasteiger partial charge < -0.3 is 9.46 Å². The second-order valence-electron chi connectivity index (χ2n) is 9.22. The van der Waals surface area contributed by atoms with E-state index in [0.717, 1.165) is 6.42 Å². The topological polar surface area (TPSA) is 37.4 Å². The molecule has 166 valence electrons. The van der Waals surface area contributed by atoms with E-state index in [2.05, 4.69) is 46.8 Å². The molecule has 0 aliphatic heterocycles. The normalized spacial score (nSPS) is 13.7. The molecule has 29 heavy (non-hydrogen) atoms. The van der Waals surface area contributed by atoms with Crippen molar-refractivity contribution in [3.05, 3.63) is 29.8 Å². The third-order valence-electron chi connectivity index (χ3n) is 5.37. The Balaban J connectivity index is 2.83. The number of rotatable bonds is 14. The fourth-order valence-corrected chi connectivity index (χ4v) is 5.89. The first-order valence-electron chi connectivity index (χ1n) is 11.7. The Morgan fingerprint density at radius 3 is 1.86 bits per heavy atom. The third-order valence-corrected chi connectivity index (χ3v) is 8.29. The number of aryl methyl sites for hydroxylation is 1. The molecule has 4 heteroatoms. The Kier molecular flexibility index (Phi) is 11.9. The molecule has 1 rings (SSSR count). The SMILES string of the molecule is CCCCCCCCc1ccc(P(=O)(CC)C(=O)N(CC(C)C)CC(C)C)cc1. The molecule has 0 saturated heterocycles. The molecule has 1 aromatic rings. The fourth-order valence-electron chi connectivity index (χ4n) is 3.78. The lowest BCUT2D eigenvalue weighted by Crippen LogP contribution is -2.38. The molecule has 0 spiro atoms. The lowest BCUT2D eigenvalue weighted by molar-refractivity contribution is 0.205. The van der Waals surface area contributed by atoms with Crippen molar-refractivity contribution in [1.29, 1.82) is 0 Å². The molecule has 0 aromatic heterocycles. The molecule has 3 nitrogen and oxygen atoms in total. The highest BCUT2D eigenvalue weighted by molar-refractivity contribution is 7.86.